The summed E-state index contributed by atoms with van der Waals surface area (Å²) in [5.74, 6) is -0.466. The highest BCUT2D eigenvalue weighted by atomic mass is 16.6. The van der Waals surface area contributed by atoms with Crippen LogP contribution in [0.4, 0.5) is 4.79 Å². The van der Waals surface area contributed by atoms with Gasteiger partial charge in [-0.3, -0.25) is 0 Å². The van der Waals surface area contributed by atoms with Crippen LogP contribution >= 0.6 is 0 Å². The van der Waals surface area contributed by atoms with Crippen molar-refractivity contribution in [3.05, 3.63) is 12.2 Å². The molecule has 1 saturated carbocycles. The number of ether oxygens (including phenoxy) is 2. The van der Waals surface area contributed by atoms with Crippen LogP contribution in [-0.4, -0.2) is 43.9 Å². The van der Waals surface area contributed by atoms with Crippen molar-refractivity contribution in [1.82, 2.24) is 5.32 Å². The number of carbonyl (C=O) groups excluding carboxylic acids is 3. The van der Waals surface area contributed by atoms with Gasteiger partial charge in [0.25, 0.3) is 0 Å². The second-order valence-corrected chi connectivity index (χ2v) is 7.61. The van der Waals surface area contributed by atoms with Gasteiger partial charge in [0, 0.05) is 12.1 Å². The number of allylic oxidation sites excluding steroid dienone is 1. The van der Waals surface area contributed by atoms with Crippen molar-refractivity contribution >= 4 is 18.1 Å². The Morgan fingerprint density at radius 1 is 1.24 bits per heavy atom. The van der Waals surface area contributed by atoms with Gasteiger partial charge in [-0.15, -0.1) is 0 Å². The van der Waals surface area contributed by atoms with E-state index in [2.05, 4.69) is 31.1 Å². The molecule has 1 aliphatic carbocycles. The van der Waals surface area contributed by atoms with Crippen LogP contribution in [0.15, 0.2) is 17.1 Å². The van der Waals surface area contributed by atoms with E-state index in [4.69, 9.17) is 9.47 Å². The van der Waals surface area contributed by atoms with Gasteiger partial charge in [0.1, 0.15) is 13.2 Å². The van der Waals surface area contributed by atoms with Crippen LogP contribution in [0.3, 0.4) is 0 Å². The minimum atomic E-state index is -0.536. The Labute approximate surface area is 148 Å². The highest BCUT2D eigenvalue weighted by Gasteiger charge is 2.41. The first-order chi connectivity index (χ1) is 11.7. The first-order valence-electron chi connectivity index (χ1n) is 8.46. The van der Waals surface area contributed by atoms with E-state index in [1.807, 2.05) is 0 Å². The molecule has 0 aromatic carbocycles. The van der Waals surface area contributed by atoms with Crippen LogP contribution in [-0.2, 0) is 19.1 Å². The van der Waals surface area contributed by atoms with Gasteiger partial charge in [-0.05, 0) is 37.0 Å². The molecule has 1 aliphatic rings. The van der Waals surface area contributed by atoms with Crippen molar-refractivity contribution in [3.8, 4) is 0 Å². The van der Waals surface area contributed by atoms with E-state index in [0.29, 0.717) is 13.0 Å². The van der Waals surface area contributed by atoms with Crippen LogP contribution in [0.5, 0.6) is 0 Å². The maximum atomic E-state index is 11.9. The molecule has 0 bridgehead atoms. The molecule has 140 valence electrons. The molecule has 2 atom stereocenters. The molecule has 1 fully saturated rings. The molecule has 7 nitrogen and oxygen atoms in total. The van der Waals surface area contributed by atoms with Gasteiger partial charge in [0.15, 0.2) is 0 Å². The van der Waals surface area contributed by atoms with E-state index in [1.54, 1.807) is 19.1 Å². The number of esters is 1. The van der Waals surface area contributed by atoms with Gasteiger partial charge in [0.2, 0.25) is 6.08 Å². The van der Waals surface area contributed by atoms with Gasteiger partial charge >= 0.3 is 12.1 Å². The molecule has 0 saturated heterocycles. The number of carbonyl (C=O) groups is 2. The van der Waals surface area contributed by atoms with Gasteiger partial charge in [0.05, 0.1) is 6.54 Å². The molecule has 1 rings (SSSR count). The number of aliphatic imine (C=N–C) groups is 1. The Morgan fingerprint density at radius 3 is 2.56 bits per heavy atom. The highest BCUT2D eigenvalue weighted by molar-refractivity contribution is 5.81. The van der Waals surface area contributed by atoms with E-state index >= 15 is 0 Å². The molecule has 1 amide bonds. The molecular formula is C18H28N2O5. The minimum absolute atomic E-state index is 0.00204. The smallest absolute Gasteiger partial charge is 0.407 e. The van der Waals surface area contributed by atoms with Gasteiger partial charge < -0.3 is 14.8 Å². The lowest BCUT2D eigenvalue weighted by atomic mass is 9.62. The Hall–Kier alpha value is -2.14. The fourth-order valence-electron chi connectivity index (χ4n) is 3.75. The van der Waals surface area contributed by atoms with E-state index in [-0.39, 0.29) is 30.1 Å². The lowest BCUT2D eigenvalue weighted by Gasteiger charge is -2.45. The summed E-state index contributed by atoms with van der Waals surface area (Å²) in [6, 6.07) is -0.0614. The number of isocyanates is 1. The predicted octanol–water partition coefficient (Wildman–Crippen LogP) is 2.75. The first-order valence-corrected chi connectivity index (χ1v) is 8.46. The summed E-state index contributed by atoms with van der Waals surface area (Å²) in [7, 11) is 0. The van der Waals surface area contributed by atoms with Crippen molar-refractivity contribution in [3.63, 3.8) is 0 Å². The SMILES string of the molecule is C/C=C/C(=O)OCCOC(=O)NC1CC(C)(C)CC(C)(CN=C=O)C1. The quantitative estimate of drug-likeness (QED) is 0.250. The monoisotopic (exact) mass is 352 g/mol. The molecular weight excluding hydrogens is 324 g/mol. The fourth-order valence-corrected chi connectivity index (χ4v) is 3.75. The molecule has 25 heavy (non-hydrogen) atoms. The number of alkyl carbamates (subject to hydrolysis) is 1. The normalized spacial score (nSPS) is 25.0. The van der Waals surface area contributed by atoms with Crippen LogP contribution < -0.4 is 5.32 Å². The van der Waals surface area contributed by atoms with Gasteiger partial charge in [-0.1, -0.05) is 26.8 Å². The van der Waals surface area contributed by atoms with Crippen molar-refractivity contribution in [1.29, 1.82) is 0 Å². The van der Waals surface area contributed by atoms with Gasteiger partial charge in [-0.2, -0.15) is 0 Å². The summed E-state index contributed by atoms with van der Waals surface area (Å²) in [6.45, 7) is 8.45. The summed E-state index contributed by atoms with van der Waals surface area (Å²) < 4.78 is 9.91. The topological polar surface area (TPSA) is 94.1 Å². The van der Waals surface area contributed by atoms with E-state index < -0.39 is 12.1 Å². The molecule has 0 radical (unpaired) electrons. The summed E-state index contributed by atoms with van der Waals surface area (Å²) in [5, 5.41) is 2.86. The number of rotatable bonds is 7. The zero-order chi connectivity index (χ0) is 18.9. The van der Waals surface area contributed by atoms with Crippen LogP contribution in [0.1, 0.15) is 47.0 Å². The molecule has 0 aromatic rings. The lowest BCUT2D eigenvalue weighted by molar-refractivity contribution is -0.138. The highest BCUT2D eigenvalue weighted by Crippen LogP contribution is 2.46. The average molecular weight is 352 g/mol. The number of amides is 1. The van der Waals surface area contributed by atoms with Crippen LogP contribution in [0.25, 0.3) is 0 Å². The predicted molar refractivity (Wildman–Crippen MR) is 92.8 cm³/mol. The molecule has 0 aromatic heterocycles. The number of nitrogens with zero attached hydrogens (tertiary/aromatic N) is 1. The number of hydrogen-bond donors (Lipinski definition) is 1. The summed E-state index contributed by atoms with van der Waals surface area (Å²) >= 11 is 0. The zero-order valence-corrected chi connectivity index (χ0v) is 15.5. The first kappa shape index (κ1) is 20.9. The molecule has 0 aliphatic heterocycles. The summed E-state index contributed by atoms with van der Waals surface area (Å²) in [6.07, 6.45) is 6.38. The Bertz CT molecular complexity index is 552. The van der Waals surface area contributed by atoms with Crippen molar-refractivity contribution in [2.24, 2.45) is 15.8 Å². The van der Waals surface area contributed by atoms with E-state index in [9.17, 15) is 14.4 Å². The molecule has 7 heteroatoms. The second-order valence-electron chi connectivity index (χ2n) is 7.61. The molecule has 2 unspecified atom stereocenters. The molecule has 0 heterocycles. The lowest BCUT2D eigenvalue weighted by Crippen LogP contribution is -2.48. The Kier molecular flexibility index (Phi) is 7.84. The van der Waals surface area contributed by atoms with E-state index in [0.717, 1.165) is 12.8 Å². The molecule has 0 spiro atoms. The minimum Gasteiger partial charge on any atom is -0.459 e. The fraction of sp³-hybridized carbons (Fsp3) is 0.722. The Morgan fingerprint density at radius 2 is 1.92 bits per heavy atom. The van der Waals surface area contributed by atoms with Crippen molar-refractivity contribution in [2.45, 2.75) is 53.0 Å². The maximum Gasteiger partial charge on any atom is 0.407 e. The van der Waals surface area contributed by atoms with Crippen LogP contribution in [0, 0.1) is 10.8 Å². The van der Waals surface area contributed by atoms with E-state index in [1.165, 1.54) is 6.08 Å². The summed E-state index contributed by atoms with van der Waals surface area (Å²) in [4.78, 5) is 37.2. The number of nitrogens with one attached hydrogen (secondary N) is 1. The second kappa shape index (κ2) is 9.37. The van der Waals surface area contributed by atoms with Crippen molar-refractivity contribution < 1.29 is 23.9 Å². The van der Waals surface area contributed by atoms with Gasteiger partial charge in [-0.25, -0.2) is 19.4 Å². The third-order valence-corrected chi connectivity index (χ3v) is 4.15. The number of hydrogen-bond acceptors (Lipinski definition) is 6. The third kappa shape index (κ3) is 7.98. The standard InChI is InChI=1S/C18H28N2O5/c1-5-6-15(22)24-7-8-25-16(23)20-14-9-17(2,3)11-18(4,10-14)12-19-13-21/h5-6,14H,7-12H2,1-4H3,(H,20,23)/b6-5+. The average Bonchev–Trinajstić information content (AvgIpc) is 2.48. The third-order valence-electron chi connectivity index (χ3n) is 4.15. The summed E-state index contributed by atoms with van der Waals surface area (Å²) in [5.41, 5.74) is -0.148. The Balaban J connectivity index is 2.47. The van der Waals surface area contributed by atoms with Crippen LogP contribution in [0.2, 0.25) is 0 Å². The zero-order valence-electron chi connectivity index (χ0n) is 15.5. The maximum absolute atomic E-state index is 11.9. The van der Waals surface area contributed by atoms with Crippen molar-refractivity contribution in [2.75, 3.05) is 19.8 Å². The largest absolute Gasteiger partial charge is 0.459 e. The molecule has 1 N–H and O–H groups in total.